The summed E-state index contributed by atoms with van der Waals surface area (Å²) in [6.07, 6.45) is 3.39. The minimum absolute atomic E-state index is 0.0526. The number of carbonyl (C=O) groups excluding carboxylic acids is 1. The van der Waals surface area contributed by atoms with Gasteiger partial charge in [0.25, 0.3) is 5.69 Å². The van der Waals surface area contributed by atoms with Crippen molar-refractivity contribution in [2.75, 3.05) is 18.4 Å². The second kappa shape index (κ2) is 6.87. The maximum atomic E-state index is 12.3. The number of hydrogen-bond acceptors (Lipinski definition) is 4. The monoisotopic (exact) mass is 305 g/mol. The highest BCUT2D eigenvalue weighted by atomic mass is 16.6. The third-order valence-electron chi connectivity index (χ3n) is 4.46. The number of piperidine rings is 1. The van der Waals surface area contributed by atoms with Crippen LogP contribution < -0.4 is 5.32 Å². The fourth-order valence-corrected chi connectivity index (χ4v) is 2.87. The van der Waals surface area contributed by atoms with Crippen molar-refractivity contribution >= 4 is 17.3 Å². The van der Waals surface area contributed by atoms with Crippen LogP contribution in [0.15, 0.2) is 12.1 Å². The van der Waals surface area contributed by atoms with E-state index in [0.29, 0.717) is 11.7 Å². The number of rotatable bonds is 4. The summed E-state index contributed by atoms with van der Waals surface area (Å²) in [5.41, 5.74) is 1.93. The number of nitro benzene ring substituents is 1. The first-order chi connectivity index (χ1) is 10.4. The van der Waals surface area contributed by atoms with Crippen LogP contribution in [-0.2, 0) is 4.79 Å². The first-order valence-electron chi connectivity index (χ1n) is 7.68. The van der Waals surface area contributed by atoms with Crippen LogP contribution in [-0.4, -0.2) is 34.9 Å². The summed E-state index contributed by atoms with van der Waals surface area (Å²) < 4.78 is 0. The fraction of sp³-hybridized carbons (Fsp3) is 0.562. The molecule has 0 spiro atoms. The summed E-state index contributed by atoms with van der Waals surface area (Å²) >= 11 is 0. The molecule has 1 heterocycles. The molecule has 6 heteroatoms. The highest BCUT2D eigenvalue weighted by Gasteiger charge is 2.23. The lowest BCUT2D eigenvalue weighted by Gasteiger charge is -2.32. The van der Waals surface area contributed by atoms with E-state index in [0.717, 1.165) is 30.5 Å². The second-order valence-electron chi connectivity index (χ2n) is 6.02. The maximum Gasteiger partial charge on any atom is 0.293 e. The van der Waals surface area contributed by atoms with Crippen LogP contribution in [0.5, 0.6) is 0 Å². The Morgan fingerprint density at radius 1 is 1.41 bits per heavy atom. The van der Waals surface area contributed by atoms with Crippen molar-refractivity contribution in [2.24, 2.45) is 0 Å². The molecule has 1 aromatic rings. The van der Waals surface area contributed by atoms with Gasteiger partial charge in [-0.2, -0.15) is 0 Å². The minimum atomic E-state index is -0.453. The zero-order valence-electron chi connectivity index (χ0n) is 13.4. The van der Waals surface area contributed by atoms with E-state index in [-0.39, 0.29) is 18.1 Å². The second-order valence-corrected chi connectivity index (χ2v) is 6.02. The Hall–Kier alpha value is -1.95. The lowest BCUT2D eigenvalue weighted by molar-refractivity contribution is -0.384. The van der Waals surface area contributed by atoms with Gasteiger partial charge in [0.1, 0.15) is 5.69 Å². The van der Waals surface area contributed by atoms with Crippen molar-refractivity contribution in [1.29, 1.82) is 0 Å². The number of nitrogens with one attached hydrogen (secondary N) is 1. The average molecular weight is 305 g/mol. The SMILES string of the molecule is Cc1ccc([N+](=O)[O-])c(NC(=O)CN2CCCC[C@H]2C)c1C. The maximum absolute atomic E-state index is 12.3. The van der Waals surface area contributed by atoms with Crippen LogP contribution in [0.2, 0.25) is 0 Å². The molecule has 1 aliphatic rings. The van der Waals surface area contributed by atoms with E-state index in [4.69, 9.17) is 0 Å². The molecule has 0 saturated carbocycles. The number of likely N-dealkylation sites (tertiary alicyclic amines) is 1. The van der Waals surface area contributed by atoms with Gasteiger partial charge >= 0.3 is 0 Å². The van der Waals surface area contributed by atoms with Crippen molar-refractivity contribution in [1.82, 2.24) is 4.90 Å². The normalized spacial score (nSPS) is 19.0. The Labute approximate surface area is 130 Å². The van der Waals surface area contributed by atoms with Gasteiger partial charge in [0.05, 0.1) is 11.5 Å². The molecule has 22 heavy (non-hydrogen) atoms. The number of nitro groups is 1. The van der Waals surface area contributed by atoms with Gasteiger partial charge in [-0.05, 0) is 51.3 Å². The third kappa shape index (κ3) is 3.62. The van der Waals surface area contributed by atoms with Gasteiger partial charge in [0.2, 0.25) is 5.91 Å². The van der Waals surface area contributed by atoms with Gasteiger partial charge in [-0.1, -0.05) is 12.5 Å². The minimum Gasteiger partial charge on any atom is -0.319 e. The summed E-state index contributed by atoms with van der Waals surface area (Å²) in [4.78, 5) is 25.1. The molecule has 1 N–H and O–H groups in total. The lowest BCUT2D eigenvalue weighted by atomic mass is 10.0. The van der Waals surface area contributed by atoms with E-state index in [1.807, 2.05) is 6.92 Å². The number of carbonyl (C=O) groups is 1. The molecule has 2 rings (SSSR count). The number of nitrogens with zero attached hydrogens (tertiary/aromatic N) is 2. The molecule has 1 atom stereocenters. The van der Waals surface area contributed by atoms with Crippen molar-refractivity contribution < 1.29 is 9.72 Å². The number of aryl methyl sites for hydroxylation is 1. The van der Waals surface area contributed by atoms with E-state index in [1.165, 1.54) is 12.5 Å². The molecule has 6 nitrogen and oxygen atoms in total. The largest absolute Gasteiger partial charge is 0.319 e. The Balaban J connectivity index is 2.14. The molecule has 0 radical (unpaired) electrons. The molecule has 1 aliphatic heterocycles. The summed E-state index contributed by atoms with van der Waals surface area (Å²) in [6, 6.07) is 3.53. The molecule has 0 aliphatic carbocycles. The standard InChI is InChI=1S/C16H23N3O3/c1-11-7-8-14(19(21)22)16(13(11)3)17-15(20)10-18-9-5-4-6-12(18)2/h7-8,12H,4-6,9-10H2,1-3H3,(H,17,20)/t12-/m1/s1. The van der Waals surface area contributed by atoms with E-state index in [1.54, 1.807) is 13.0 Å². The smallest absolute Gasteiger partial charge is 0.293 e. The molecular formula is C16H23N3O3. The molecule has 0 unspecified atom stereocenters. The Kier molecular flexibility index (Phi) is 5.13. The highest BCUT2D eigenvalue weighted by molar-refractivity contribution is 5.95. The molecule has 0 aromatic heterocycles. The number of benzene rings is 1. The number of anilines is 1. The lowest BCUT2D eigenvalue weighted by Crippen LogP contribution is -2.42. The van der Waals surface area contributed by atoms with E-state index >= 15 is 0 Å². The van der Waals surface area contributed by atoms with Gasteiger partial charge in [-0.3, -0.25) is 19.8 Å². The third-order valence-corrected chi connectivity index (χ3v) is 4.46. The molecular weight excluding hydrogens is 282 g/mol. The van der Waals surface area contributed by atoms with Crippen molar-refractivity contribution in [3.05, 3.63) is 33.4 Å². The fourth-order valence-electron chi connectivity index (χ4n) is 2.87. The first-order valence-corrected chi connectivity index (χ1v) is 7.68. The summed E-state index contributed by atoms with van der Waals surface area (Å²) in [6.45, 7) is 6.98. The van der Waals surface area contributed by atoms with Crippen LogP contribution in [0, 0.1) is 24.0 Å². The zero-order chi connectivity index (χ0) is 16.3. The Bertz CT molecular complexity index is 586. The van der Waals surface area contributed by atoms with E-state index in [2.05, 4.69) is 17.1 Å². The highest BCUT2D eigenvalue weighted by Crippen LogP contribution is 2.30. The molecule has 1 saturated heterocycles. The molecule has 120 valence electrons. The van der Waals surface area contributed by atoms with Crippen LogP contribution in [0.3, 0.4) is 0 Å². The molecule has 0 bridgehead atoms. The van der Waals surface area contributed by atoms with Gasteiger partial charge in [0, 0.05) is 12.1 Å². The predicted molar refractivity (Wildman–Crippen MR) is 86.1 cm³/mol. The van der Waals surface area contributed by atoms with Gasteiger partial charge in [0.15, 0.2) is 0 Å². The molecule has 1 amide bonds. The van der Waals surface area contributed by atoms with Crippen LogP contribution >= 0.6 is 0 Å². The molecule has 1 aromatic carbocycles. The number of amides is 1. The summed E-state index contributed by atoms with van der Waals surface area (Å²) in [5, 5.41) is 13.9. The van der Waals surface area contributed by atoms with Crippen molar-refractivity contribution in [2.45, 2.75) is 46.1 Å². The Morgan fingerprint density at radius 2 is 2.14 bits per heavy atom. The summed E-state index contributed by atoms with van der Waals surface area (Å²) in [7, 11) is 0. The average Bonchev–Trinajstić information content (AvgIpc) is 2.46. The summed E-state index contributed by atoms with van der Waals surface area (Å²) in [5.74, 6) is -0.189. The van der Waals surface area contributed by atoms with Crippen molar-refractivity contribution in [3.63, 3.8) is 0 Å². The van der Waals surface area contributed by atoms with Gasteiger partial charge in [-0.15, -0.1) is 0 Å². The van der Waals surface area contributed by atoms with Crippen LogP contribution in [0.1, 0.15) is 37.3 Å². The van der Waals surface area contributed by atoms with E-state index < -0.39 is 4.92 Å². The van der Waals surface area contributed by atoms with Gasteiger partial charge in [-0.25, -0.2) is 0 Å². The predicted octanol–water partition coefficient (Wildman–Crippen LogP) is 3.02. The van der Waals surface area contributed by atoms with Gasteiger partial charge < -0.3 is 5.32 Å². The Morgan fingerprint density at radius 3 is 2.77 bits per heavy atom. The number of hydrogen-bond donors (Lipinski definition) is 1. The topological polar surface area (TPSA) is 75.5 Å². The zero-order valence-corrected chi connectivity index (χ0v) is 13.4. The van der Waals surface area contributed by atoms with Crippen molar-refractivity contribution in [3.8, 4) is 0 Å². The van der Waals surface area contributed by atoms with Crippen LogP contribution in [0.25, 0.3) is 0 Å². The van der Waals surface area contributed by atoms with Crippen LogP contribution in [0.4, 0.5) is 11.4 Å². The molecule has 1 fully saturated rings. The first kappa shape index (κ1) is 16.4. The van der Waals surface area contributed by atoms with E-state index in [9.17, 15) is 14.9 Å². The quantitative estimate of drug-likeness (QED) is 0.685.